The van der Waals surface area contributed by atoms with Gasteiger partial charge in [-0.25, -0.2) is 24.1 Å². The fourth-order valence-electron chi connectivity index (χ4n) is 7.90. The number of nitrogens with zero attached hydrogens (tertiary/aromatic N) is 7. The van der Waals surface area contributed by atoms with Crippen LogP contribution in [-0.2, 0) is 33.6 Å². The topological polar surface area (TPSA) is 184 Å². The Hall–Kier alpha value is -6.60. The van der Waals surface area contributed by atoms with Crippen LogP contribution in [0.5, 0.6) is 5.88 Å². The highest BCUT2D eigenvalue weighted by Crippen LogP contribution is 2.46. The van der Waals surface area contributed by atoms with Crippen molar-refractivity contribution in [3.05, 3.63) is 106 Å². The quantitative estimate of drug-likeness (QED) is 0.0610. The molecule has 3 aromatic heterocycles. The summed E-state index contributed by atoms with van der Waals surface area (Å²) in [6, 6.07) is 10.6. The number of nitrogens with one attached hydrogen (secondary N) is 2. The molecule has 2 unspecified atom stereocenters. The summed E-state index contributed by atoms with van der Waals surface area (Å²) in [6.07, 6.45) is 0.464. The number of imidazole rings is 1. The number of fused-ring (bicyclic) bond motifs is 1. The van der Waals surface area contributed by atoms with Crippen LogP contribution >= 0.6 is 0 Å². The first-order chi connectivity index (χ1) is 29.1. The second-order valence-electron chi connectivity index (χ2n) is 15.5. The number of carbonyl (C=O) groups is 4. The fraction of sp³-hybridized carbons (Fsp3) is 0.333. The number of alkyl halides is 3. The number of halogens is 4. The maximum Gasteiger partial charge on any atom is 0.434 e. The molecule has 2 aliphatic heterocycles. The van der Waals surface area contributed by atoms with Crippen molar-refractivity contribution in [2.75, 3.05) is 23.9 Å². The number of hydrogen-bond acceptors (Lipinski definition) is 11. The first-order valence-electron chi connectivity index (χ1n) is 19.5. The number of carbonyl (C=O) groups excluding carboxylic acids is 4. The van der Waals surface area contributed by atoms with Crippen molar-refractivity contribution in [1.29, 1.82) is 0 Å². The third-order valence-corrected chi connectivity index (χ3v) is 11.1. The molecule has 1 saturated carbocycles. The predicted octanol–water partition coefficient (Wildman–Crippen LogP) is 6.45. The van der Waals surface area contributed by atoms with Gasteiger partial charge in [-0.2, -0.15) is 13.2 Å². The van der Waals surface area contributed by atoms with Crippen molar-refractivity contribution in [2.45, 2.75) is 76.8 Å². The number of methoxy groups -OCH3 is 1. The summed E-state index contributed by atoms with van der Waals surface area (Å²) in [4.78, 5) is 70.4. The molecule has 61 heavy (non-hydrogen) atoms. The van der Waals surface area contributed by atoms with Crippen molar-refractivity contribution < 1.29 is 46.1 Å². The molecule has 2 fully saturated rings. The lowest BCUT2D eigenvalue weighted by Gasteiger charge is -2.42. The molecule has 2 N–H and O–H groups in total. The van der Waals surface area contributed by atoms with E-state index in [2.05, 4.69) is 30.6 Å². The highest BCUT2D eigenvalue weighted by atomic mass is 19.4. The molecule has 2 aromatic carbocycles. The van der Waals surface area contributed by atoms with Crippen molar-refractivity contribution in [3.8, 4) is 28.5 Å². The van der Waals surface area contributed by atoms with Crippen LogP contribution in [0, 0.1) is 11.0 Å². The van der Waals surface area contributed by atoms with E-state index in [0.29, 0.717) is 16.8 Å². The molecule has 0 radical (unpaired) electrons. The summed E-state index contributed by atoms with van der Waals surface area (Å²) in [5, 5.41) is 19.0. The molecule has 1 aliphatic carbocycles. The molecule has 15 nitrogen and oxygen atoms in total. The van der Waals surface area contributed by atoms with Crippen molar-refractivity contribution >= 4 is 35.0 Å². The maximum absolute atomic E-state index is 17.0. The van der Waals surface area contributed by atoms with Crippen molar-refractivity contribution in [1.82, 2.24) is 29.8 Å². The molecular formula is C42H39F4N9O6. The van der Waals surface area contributed by atoms with Gasteiger partial charge in [0.1, 0.15) is 24.4 Å². The van der Waals surface area contributed by atoms with E-state index in [0.717, 1.165) is 19.0 Å². The number of benzene rings is 2. The number of imide groups is 1. The molecule has 3 aliphatic rings. The van der Waals surface area contributed by atoms with Crippen molar-refractivity contribution in [2.24, 2.45) is 0 Å². The van der Waals surface area contributed by atoms with Gasteiger partial charge in [0.05, 0.1) is 41.9 Å². The number of rotatable bonds is 12. The number of piperidine rings is 1. The minimum atomic E-state index is -4.65. The average molecular weight is 842 g/mol. The van der Waals surface area contributed by atoms with Gasteiger partial charge in [0, 0.05) is 54.9 Å². The Kier molecular flexibility index (Phi) is 10.6. The highest BCUT2D eigenvalue weighted by Gasteiger charge is 2.50. The second kappa shape index (κ2) is 15.8. The van der Waals surface area contributed by atoms with Crippen molar-refractivity contribution in [3.63, 3.8) is 0 Å². The van der Waals surface area contributed by atoms with Gasteiger partial charge in [0.25, 0.3) is 5.91 Å². The second-order valence-corrected chi connectivity index (χ2v) is 15.5. The van der Waals surface area contributed by atoms with E-state index >= 15 is 4.39 Å². The van der Waals surface area contributed by atoms with Gasteiger partial charge < -0.3 is 24.7 Å². The molecule has 4 amide bonds. The molecule has 0 spiro atoms. The Labute approximate surface area is 346 Å². The number of ether oxygens (including phenoxy) is 1. The number of hydroxylamine groups is 3. The average Bonchev–Trinajstić information content (AvgIpc) is 3.90. The van der Waals surface area contributed by atoms with Crippen LogP contribution < -0.4 is 20.3 Å². The van der Waals surface area contributed by atoms with Gasteiger partial charge in [-0.15, -0.1) is 0 Å². The minimum absolute atomic E-state index is 0.0187. The van der Waals surface area contributed by atoms with Gasteiger partial charge >= 0.3 is 12.1 Å². The Balaban J connectivity index is 1.12. The Morgan fingerprint density at radius 3 is 2.49 bits per heavy atom. The maximum atomic E-state index is 17.0. The zero-order chi connectivity index (χ0) is 43.4. The molecule has 5 aromatic rings. The minimum Gasteiger partial charge on any atom is -0.624 e. The Bertz CT molecular complexity index is 2580. The standard InChI is InChI=1S/C42H39F4N9O6/c1-22(2)54-18-31(42(44,45)46)51-38(54)25-9-7-23(8-10-25)17-53(29-15-16-47-37(35(29)43)34-36(24-11-12-24)48-21-49-40(34)61-3)19-33(57)50-28-6-4-5-26-27(28)20-55(60,41(26)59)30-13-14-32(56)52-39(30)58/h4-10,15-16,18,21-22,24,30H,11-14,17,19-20H2,1-3H3,(H,50,57)(H,52,56,58). The molecule has 0 bridgehead atoms. The van der Waals surface area contributed by atoms with Crippen LogP contribution in [0.4, 0.5) is 28.9 Å². The third-order valence-electron chi connectivity index (χ3n) is 11.1. The van der Waals surface area contributed by atoms with Gasteiger partial charge in [-0.1, -0.05) is 30.3 Å². The molecule has 8 rings (SSSR count). The monoisotopic (exact) mass is 841 g/mol. The molecule has 1 saturated heterocycles. The number of aromatic nitrogens is 5. The normalized spacial score (nSPS) is 18.9. The lowest BCUT2D eigenvalue weighted by atomic mass is 10.0. The summed E-state index contributed by atoms with van der Waals surface area (Å²) >= 11 is 0. The summed E-state index contributed by atoms with van der Waals surface area (Å²) in [5.41, 5.74) is 0.990. The van der Waals surface area contributed by atoms with E-state index in [-0.39, 0.29) is 76.8 Å². The van der Waals surface area contributed by atoms with Crippen LogP contribution in [0.15, 0.2) is 67.3 Å². The number of hydrogen-bond donors (Lipinski definition) is 2. The highest BCUT2D eigenvalue weighted by molar-refractivity contribution is 6.03. The number of quaternary nitrogens is 1. The van der Waals surface area contributed by atoms with Gasteiger partial charge in [-0.3, -0.25) is 29.3 Å². The van der Waals surface area contributed by atoms with E-state index in [1.807, 2.05) is 0 Å². The number of amides is 4. The Morgan fingerprint density at radius 1 is 1.07 bits per heavy atom. The zero-order valence-corrected chi connectivity index (χ0v) is 33.1. The van der Waals surface area contributed by atoms with Gasteiger partial charge in [0.2, 0.25) is 17.7 Å². The van der Waals surface area contributed by atoms with E-state index in [4.69, 9.17) is 4.74 Å². The molecule has 316 valence electrons. The van der Waals surface area contributed by atoms with Crippen LogP contribution in [0.3, 0.4) is 0 Å². The first kappa shape index (κ1) is 41.1. The van der Waals surface area contributed by atoms with Crippen LogP contribution in [-0.4, -0.2) is 72.5 Å². The number of anilines is 2. The third kappa shape index (κ3) is 7.81. The molecule has 19 heteroatoms. The first-order valence-corrected chi connectivity index (χ1v) is 19.5. The lowest BCUT2D eigenvalue weighted by Crippen LogP contribution is -2.60. The van der Waals surface area contributed by atoms with Crippen LogP contribution in [0.2, 0.25) is 0 Å². The van der Waals surface area contributed by atoms with E-state index in [1.165, 1.54) is 53.4 Å². The number of pyridine rings is 1. The summed E-state index contributed by atoms with van der Waals surface area (Å²) in [7, 11) is 1.40. The SMILES string of the molecule is COc1ncnc(C2CC2)c1-c1nccc(N(CC(=O)Nc2cccc3c2C[N+]([O-])(C2CCC(=O)NC2=O)C3=O)Cc2ccc(-c3nc(C(F)(F)F)cn3C(C)C)cc2)c1F. The molecule has 5 heterocycles. The smallest absolute Gasteiger partial charge is 0.434 e. The largest absolute Gasteiger partial charge is 0.624 e. The van der Waals surface area contributed by atoms with Gasteiger partial charge in [0.15, 0.2) is 17.6 Å². The van der Waals surface area contributed by atoms with E-state index < -0.39 is 65.1 Å². The van der Waals surface area contributed by atoms with Crippen LogP contribution in [0.25, 0.3) is 22.6 Å². The summed E-state index contributed by atoms with van der Waals surface area (Å²) in [5.74, 6) is -3.46. The Morgan fingerprint density at radius 2 is 1.82 bits per heavy atom. The molecular weight excluding hydrogens is 803 g/mol. The van der Waals surface area contributed by atoms with E-state index in [9.17, 15) is 37.6 Å². The lowest BCUT2D eigenvalue weighted by molar-refractivity contribution is -0.825. The summed E-state index contributed by atoms with van der Waals surface area (Å²) in [6.45, 7) is 2.44. The summed E-state index contributed by atoms with van der Waals surface area (Å²) < 4.78 is 63.4. The van der Waals surface area contributed by atoms with Crippen LogP contribution in [0.1, 0.15) is 84.4 Å². The molecule has 2 atom stereocenters. The fourth-order valence-corrected chi connectivity index (χ4v) is 7.90. The van der Waals surface area contributed by atoms with Gasteiger partial charge in [-0.05, 0) is 50.5 Å². The zero-order valence-electron chi connectivity index (χ0n) is 33.1. The van der Waals surface area contributed by atoms with E-state index in [1.54, 1.807) is 38.1 Å². The predicted molar refractivity (Wildman–Crippen MR) is 211 cm³/mol.